The van der Waals surface area contributed by atoms with Gasteiger partial charge in [0.2, 0.25) is 0 Å². The first kappa shape index (κ1) is 18.4. The molecule has 0 bridgehead atoms. The lowest BCUT2D eigenvalue weighted by molar-refractivity contribution is 0.181. The van der Waals surface area contributed by atoms with Crippen molar-refractivity contribution in [3.05, 3.63) is 35.6 Å². The molecule has 3 rings (SSSR count). The first-order valence-electron chi connectivity index (χ1n) is 7.95. The molecule has 0 radical (unpaired) electrons. The Morgan fingerprint density at radius 2 is 2.22 bits per heavy atom. The number of hydrogen-bond donors (Lipinski definition) is 1. The molecule has 2 aliphatic rings. The van der Waals surface area contributed by atoms with Crippen LogP contribution in [0.1, 0.15) is 24.3 Å². The molecule has 2 fully saturated rings. The predicted molar refractivity (Wildman–Crippen MR) is 101 cm³/mol. The molecule has 23 heavy (non-hydrogen) atoms. The van der Waals surface area contributed by atoms with Crippen LogP contribution in [0.2, 0.25) is 0 Å². The first-order chi connectivity index (χ1) is 10.7. The SMILES string of the molecule is CN=C(NC1CC1c1ccccc1F)N(C)CC1CCOC1.I. The van der Waals surface area contributed by atoms with Crippen LogP contribution in [0.25, 0.3) is 0 Å². The number of nitrogens with zero attached hydrogens (tertiary/aromatic N) is 2. The summed E-state index contributed by atoms with van der Waals surface area (Å²) in [6.45, 7) is 2.64. The highest BCUT2D eigenvalue weighted by Crippen LogP contribution is 2.41. The van der Waals surface area contributed by atoms with Gasteiger partial charge in [0.1, 0.15) is 5.82 Å². The van der Waals surface area contributed by atoms with Crippen molar-refractivity contribution in [1.29, 1.82) is 0 Å². The standard InChI is InChI=1S/C17H24FN3O.HI/c1-19-17(21(2)10-12-7-8-22-11-12)20-16-9-14(16)13-5-3-4-6-15(13)18;/h3-6,12,14,16H,7-11H2,1-2H3,(H,19,20);1H. The molecule has 128 valence electrons. The zero-order valence-corrected chi connectivity index (χ0v) is 16.0. The maximum atomic E-state index is 13.8. The van der Waals surface area contributed by atoms with Gasteiger partial charge in [0.15, 0.2) is 5.96 Å². The van der Waals surface area contributed by atoms with Crippen LogP contribution in [0.3, 0.4) is 0 Å². The van der Waals surface area contributed by atoms with E-state index in [1.54, 1.807) is 13.1 Å². The highest BCUT2D eigenvalue weighted by Gasteiger charge is 2.41. The van der Waals surface area contributed by atoms with Gasteiger partial charge < -0.3 is 15.0 Å². The largest absolute Gasteiger partial charge is 0.381 e. The summed E-state index contributed by atoms with van der Waals surface area (Å²) in [5.41, 5.74) is 0.808. The van der Waals surface area contributed by atoms with Crippen molar-refractivity contribution in [2.75, 3.05) is 33.9 Å². The van der Waals surface area contributed by atoms with Crippen LogP contribution in [0.5, 0.6) is 0 Å². The second-order valence-electron chi connectivity index (χ2n) is 6.27. The lowest BCUT2D eigenvalue weighted by Gasteiger charge is -2.24. The zero-order valence-electron chi connectivity index (χ0n) is 13.7. The molecule has 4 nitrogen and oxygen atoms in total. The fourth-order valence-electron chi connectivity index (χ4n) is 3.19. The minimum Gasteiger partial charge on any atom is -0.381 e. The van der Waals surface area contributed by atoms with E-state index in [4.69, 9.17) is 4.74 Å². The number of benzene rings is 1. The molecule has 1 aliphatic heterocycles. The van der Waals surface area contributed by atoms with Crippen LogP contribution in [0.15, 0.2) is 29.3 Å². The van der Waals surface area contributed by atoms with E-state index in [9.17, 15) is 4.39 Å². The quantitative estimate of drug-likeness (QED) is 0.451. The Balaban J connectivity index is 0.00000192. The zero-order chi connectivity index (χ0) is 15.5. The number of rotatable bonds is 4. The van der Waals surface area contributed by atoms with Gasteiger partial charge >= 0.3 is 0 Å². The Morgan fingerprint density at radius 1 is 1.43 bits per heavy atom. The topological polar surface area (TPSA) is 36.9 Å². The lowest BCUT2D eigenvalue weighted by atomic mass is 10.1. The minimum absolute atomic E-state index is 0. The summed E-state index contributed by atoms with van der Waals surface area (Å²) < 4.78 is 19.2. The van der Waals surface area contributed by atoms with Gasteiger partial charge in [-0.25, -0.2) is 4.39 Å². The molecule has 0 amide bonds. The van der Waals surface area contributed by atoms with Crippen molar-refractivity contribution in [2.24, 2.45) is 10.9 Å². The van der Waals surface area contributed by atoms with Crippen molar-refractivity contribution in [1.82, 2.24) is 10.2 Å². The van der Waals surface area contributed by atoms with Gasteiger partial charge in [0, 0.05) is 45.1 Å². The van der Waals surface area contributed by atoms with Crippen LogP contribution in [0, 0.1) is 11.7 Å². The molecule has 3 unspecified atom stereocenters. The van der Waals surface area contributed by atoms with E-state index in [1.165, 1.54) is 6.07 Å². The number of hydrogen-bond acceptors (Lipinski definition) is 2. The van der Waals surface area contributed by atoms with Crippen molar-refractivity contribution >= 4 is 29.9 Å². The fourth-order valence-corrected chi connectivity index (χ4v) is 3.19. The van der Waals surface area contributed by atoms with Gasteiger partial charge in [0.25, 0.3) is 0 Å². The molecule has 0 spiro atoms. The van der Waals surface area contributed by atoms with Gasteiger partial charge in [0.05, 0.1) is 6.61 Å². The van der Waals surface area contributed by atoms with Gasteiger partial charge in [-0.05, 0) is 24.5 Å². The van der Waals surface area contributed by atoms with E-state index in [2.05, 4.69) is 15.2 Å². The Bertz CT molecular complexity index is 548. The summed E-state index contributed by atoms with van der Waals surface area (Å²) in [5.74, 6) is 1.60. The van der Waals surface area contributed by atoms with Gasteiger partial charge in [-0.2, -0.15) is 0 Å². The normalized spacial score (nSPS) is 26.6. The Hall–Kier alpha value is -0.890. The first-order valence-corrected chi connectivity index (χ1v) is 7.95. The number of ether oxygens (including phenoxy) is 1. The number of guanidine groups is 1. The number of nitrogens with one attached hydrogen (secondary N) is 1. The lowest BCUT2D eigenvalue weighted by Crippen LogP contribution is -2.42. The van der Waals surface area contributed by atoms with Gasteiger partial charge in [-0.15, -0.1) is 24.0 Å². The molecule has 1 aliphatic carbocycles. The molecule has 1 aromatic rings. The average molecular weight is 433 g/mol. The van der Waals surface area contributed by atoms with E-state index < -0.39 is 0 Å². The molecular formula is C17H25FIN3O. The van der Waals surface area contributed by atoms with Crippen LogP contribution >= 0.6 is 24.0 Å². The molecule has 1 saturated heterocycles. The van der Waals surface area contributed by atoms with E-state index >= 15 is 0 Å². The number of halogens is 2. The molecule has 3 atom stereocenters. The summed E-state index contributed by atoms with van der Waals surface area (Å²) >= 11 is 0. The van der Waals surface area contributed by atoms with E-state index in [0.29, 0.717) is 5.92 Å². The smallest absolute Gasteiger partial charge is 0.193 e. The number of aliphatic imine (C=N–C) groups is 1. The van der Waals surface area contributed by atoms with Gasteiger partial charge in [-0.1, -0.05) is 18.2 Å². The molecule has 1 heterocycles. The highest BCUT2D eigenvalue weighted by molar-refractivity contribution is 14.0. The van der Waals surface area contributed by atoms with Crippen molar-refractivity contribution < 1.29 is 9.13 Å². The molecule has 0 aromatic heterocycles. The van der Waals surface area contributed by atoms with Crippen molar-refractivity contribution in [3.63, 3.8) is 0 Å². The summed E-state index contributed by atoms with van der Waals surface area (Å²) in [4.78, 5) is 6.51. The molecule has 1 aromatic carbocycles. The monoisotopic (exact) mass is 433 g/mol. The van der Waals surface area contributed by atoms with Crippen LogP contribution in [-0.4, -0.2) is 50.8 Å². The van der Waals surface area contributed by atoms with E-state index in [1.807, 2.05) is 19.2 Å². The van der Waals surface area contributed by atoms with Gasteiger partial charge in [-0.3, -0.25) is 4.99 Å². The third-order valence-electron chi connectivity index (χ3n) is 4.54. The highest BCUT2D eigenvalue weighted by atomic mass is 127. The Labute approximate surface area is 154 Å². The summed E-state index contributed by atoms with van der Waals surface area (Å²) in [6, 6.07) is 7.32. The minimum atomic E-state index is -0.108. The predicted octanol–water partition coefficient (Wildman–Crippen LogP) is 2.84. The molecule has 1 saturated carbocycles. The second kappa shape index (κ2) is 8.28. The third-order valence-corrected chi connectivity index (χ3v) is 4.54. The van der Waals surface area contributed by atoms with Crippen molar-refractivity contribution in [2.45, 2.75) is 24.8 Å². The van der Waals surface area contributed by atoms with Crippen LogP contribution in [0.4, 0.5) is 4.39 Å². The Morgan fingerprint density at radius 3 is 2.87 bits per heavy atom. The molecule has 1 N–H and O–H groups in total. The summed E-state index contributed by atoms with van der Waals surface area (Å²) in [6.07, 6.45) is 2.07. The van der Waals surface area contributed by atoms with Crippen LogP contribution in [-0.2, 0) is 4.74 Å². The molecular weight excluding hydrogens is 408 g/mol. The average Bonchev–Trinajstić information content (AvgIpc) is 3.09. The molecule has 6 heteroatoms. The maximum Gasteiger partial charge on any atom is 0.193 e. The maximum absolute atomic E-state index is 13.8. The summed E-state index contributed by atoms with van der Waals surface area (Å²) in [5, 5.41) is 3.46. The summed E-state index contributed by atoms with van der Waals surface area (Å²) in [7, 11) is 3.85. The van der Waals surface area contributed by atoms with E-state index in [0.717, 1.165) is 44.1 Å². The van der Waals surface area contributed by atoms with Crippen molar-refractivity contribution in [3.8, 4) is 0 Å². The second-order valence-corrected chi connectivity index (χ2v) is 6.27. The van der Waals surface area contributed by atoms with Crippen LogP contribution < -0.4 is 5.32 Å². The third kappa shape index (κ3) is 4.56. The Kier molecular flexibility index (Phi) is 6.64. The van der Waals surface area contributed by atoms with E-state index in [-0.39, 0.29) is 41.8 Å². The fraction of sp³-hybridized carbons (Fsp3) is 0.588.